The average molecular weight is 231 g/mol. The first-order valence-electron chi connectivity index (χ1n) is 4.87. The Hall–Kier alpha value is -1.11. The Balaban J connectivity index is 2.20. The molecule has 0 unspecified atom stereocenters. The van der Waals surface area contributed by atoms with E-state index in [1.807, 2.05) is 0 Å². The second kappa shape index (κ2) is 4.40. The van der Waals surface area contributed by atoms with Crippen LogP contribution in [0.5, 0.6) is 0 Å². The van der Waals surface area contributed by atoms with Gasteiger partial charge in [-0.15, -0.1) is 0 Å². The van der Waals surface area contributed by atoms with Gasteiger partial charge in [-0.1, -0.05) is 0 Å². The van der Waals surface area contributed by atoms with Crippen LogP contribution in [0, 0.1) is 11.8 Å². The van der Waals surface area contributed by atoms with Crippen molar-refractivity contribution in [3.63, 3.8) is 0 Å². The molecule has 1 fully saturated rings. The molecule has 0 amide bonds. The predicted octanol–water partition coefficient (Wildman–Crippen LogP) is 0.543. The van der Waals surface area contributed by atoms with Crippen molar-refractivity contribution in [3.05, 3.63) is 29.6 Å². The molecule has 1 aromatic heterocycles. The van der Waals surface area contributed by atoms with Crippen molar-refractivity contribution >= 4 is 0 Å². The van der Waals surface area contributed by atoms with E-state index in [0.717, 1.165) is 6.20 Å². The molecule has 0 saturated carbocycles. The number of ether oxygens (including phenoxy) is 1. The third kappa shape index (κ3) is 2.04. The number of aliphatic hydroxyl groups excluding tert-OH is 2. The standard InChI is InChI=1S/C10H11F2NO3/c11-6-1-10(12)13-3-5(6)8-2-7(15)9(4-14)16-8/h1,3,7-9,14-15H,2,4H2/t7-,8+,9+/m0/s1. The van der Waals surface area contributed by atoms with Crippen LogP contribution in [-0.2, 0) is 4.74 Å². The number of nitrogens with zero attached hydrogens (tertiary/aromatic N) is 1. The molecule has 2 N–H and O–H groups in total. The first kappa shape index (κ1) is 11.4. The van der Waals surface area contributed by atoms with Crippen LogP contribution < -0.4 is 0 Å². The second-order valence-electron chi connectivity index (χ2n) is 3.68. The number of aromatic nitrogens is 1. The molecule has 1 aliphatic rings. The molecule has 2 rings (SSSR count). The third-order valence-corrected chi connectivity index (χ3v) is 2.60. The van der Waals surface area contributed by atoms with Crippen molar-refractivity contribution in [3.8, 4) is 0 Å². The Morgan fingerprint density at radius 3 is 2.81 bits per heavy atom. The van der Waals surface area contributed by atoms with E-state index in [2.05, 4.69) is 4.98 Å². The number of pyridine rings is 1. The maximum atomic E-state index is 13.4. The third-order valence-electron chi connectivity index (χ3n) is 2.60. The maximum Gasteiger partial charge on any atom is 0.215 e. The van der Waals surface area contributed by atoms with Gasteiger partial charge in [0.25, 0.3) is 0 Å². The smallest absolute Gasteiger partial charge is 0.215 e. The SMILES string of the molecule is OC[C@H]1O[C@@H](c2cnc(F)cc2F)C[C@@H]1O. The number of hydrogen-bond acceptors (Lipinski definition) is 4. The molecule has 0 aliphatic carbocycles. The molecule has 0 radical (unpaired) electrons. The molecule has 0 bridgehead atoms. The van der Waals surface area contributed by atoms with Crippen LogP contribution >= 0.6 is 0 Å². The fourth-order valence-electron chi connectivity index (χ4n) is 1.75. The first-order valence-corrected chi connectivity index (χ1v) is 4.87. The highest BCUT2D eigenvalue weighted by atomic mass is 19.1. The fraction of sp³-hybridized carbons (Fsp3) is 0.500. The number of halogens is 2. The van der Waals surface area contributed by atoms with Crippen LogP contribution in [0.4, 0.5) is 8.78 Å². The Labute approximate surface area is 90.5 Å². The van der Waals surface area contributed by atoms with Gasteiger partial charge in [0, 0.05) is 24.2 Å². The van der Waals surface area contributed by atoms with Crippen LogP contribution in [0.15, 0.2) is 12.3 Å². The molecule has 1 aliphatic heterocycles. The number of hydrogen-bond donors (Lipinski definition) is 2. The van der Waals surface area contributed by atoms with Crippen LogP contribution in [0.25, 0.3) is 0 Å². The summed E-state index contributed by atoms with van der Waals surface area (Å²) in [5, 5.41) is 18.3. The van der Waals surface area contributed by atoms with E-state index < -0.39 is 30.1 Å². The van der Waals surface area contributed by atoms with Crippen LogP contribution in [0.2, 0.25) is 0 Å². The Morgan fingerprint density at radius 2 is 2.25 bits per heavy atom. The predicted molar refractivity (Wildman–Crippen MR) is 49.5 cm³/mol. The quantitative estimate of drug-likeness (QED) is 0.729. The van der Waals surface area contributed by atoms with Crippen LogP contribution in [0.1, 0.15) is 18.1 Å². The van der Waals surface area contributed by atoms with Gasteiger partial charge >= 0.3 is 0 Å². The summed E-state index contributed by atoms with van der Waals surface area (Å²) in [5.74, 6) is -1.67. The summed E-state index contributed by atoms with van der Waals surface area (Å²) >= 11 is 0. The van der Waals surface area contributed by atoms with Gasteiger partial charge < -0.3 is 14.9 Å². The Morgan fingerprint density at radius 1 is 1.50 bits per heavy atom. The van der Waals surface area contributed by atoms with Crippen molar-refractivity contribution in [1.29, 1.82) is 0 Å². The molecule has 1 saturated heterocycles. The van der Waals surface area contributed by atoms with Gasteiger partial charge in [-0.05, 0) is 0 Å². The molecule has 4 nitrogen and oxygen atoms in total. The summed E-state index contributed by atoms with van der Waals surface area (Å²) in [6.45, 7) is -0.339. The minimum Gasteiger partial charge on any atom is -0.394 e. The zero-order chi connectivity index (χ0) is 11.7. The highest BCUT2D eigenvalue weighted by Gasteiger charge is 2.35. The van der Waals surface area contributed by atoms with Gasteiger partial charge in [0.1, 0.15) is 11.9 Å². The molecule has 6 heteroatoms. The lowest BCUT2D eigenvalue weighted by molar-refractivity contribution is -0.0234. The van der Waals surface area contributed by atoms with Gasteiger partial charge in [-0.25, -0.2) is 9.37 Å². The lowest BCUT2D eigenvalue weighted by Crippen LogP contribution is -2.24. The van der Waals surface area contributed by atoms with Crippen molar-refractivity contribution in [1.82, 2.24) is 4.98 Å². The molecule has 0 aromatic carbocycles. The van der Waals surface area contributed by atoms with Crippen LogP contribution in [0.3, 0.4) is 0 Å². The van der Waals surface area contributed by atoms with E-state index in [4.69, 9.17) is 9.84 Å². The Kier molecular flexibility index (Phi) is 3.13. The highest BCUT2D eigenvalue weighted by Crippen LogP contribution is 2.33. The van der Waals surface area contributed by atoms with E-state index in [1.165, 1.54) is 0 Å². The molecular formula is C10H11F2NO3. The van der Waals surface area contributed by atoms with Crippen molar-refractivity contribution < 1.29 is 23.7 Å². The summed E-state index contributed by atoms with van der Waals surface area (Å²) in [4.78, 5) is 3.33. The van der Waals surface area contributed by atoms with Gasteiger partial charge in [0.05, 0.1) is 18.8 Å². The minimum atomic E-state index is -0.904. The van der Waals surface area contributed by atoms with Gasteiger partial charge in [-0.3, -0.25) is 0 Å². The number of rotatable bonds is 2. The van der Waals surface area contributed by atoms with Crippen molar-refractivity contribution in [2.45, 2.75) is 24.7 Å². The van der Waals surface area contributed by atoms with E-state index in [0.29, 0.717) is 6.07 Å². The van der Waals surface area contributed by atoms with E-state index in [-0.39, 0.29) is 18.6 Å². The molecule has 1 aromatic rings. The minimum absolute atomic E-state index is 0.0939. The molecule has 0 spiro atoms. The number of aliphatic hydroxyl groups is 2. The summed E-state index contributed by atoms with van der Waals surface area (Å²) in [6, 6.07) is 0.664. The lowest BCUT2D eigenvalue weighted by atomic mass is 10.1. The van der Waals surface area contributed by atoms with E-state index >= 15 is 0 Å². The van der Waals surface area contributed by atoms with Gasteiger partial charge in [0.2, 0.25) is 5.95 Å². The van der Waals surface area contributed by atoms with Crippen LogP contribution in [-0.4, -0.2) is 34.0 Å². The molecular weight excluding hydrogens is 220 g/mol. The summed E-state index contributed by atoms with van der Waals surface area (Å²) in [6.07, 6.45) is -1.06. The Bertz CT molecular complexity index is 388. The summed E-state index contributed by atoms with van der Waals surface area (Å²) in [5.41, 5.74) is 0.0939. The van der Waals surface area contributed by atoms with Crippen molar-refractivity contribution in [2.24, 2.45) is 0 Å². The molecule has 3 atom stereocenters. The average Bonchev–Trinajstić information content (AvgIpc) is 2.59. The lowest BCUT2D eigenvalue weighted by Gasteiger charge is -2.12. The van der Waals surface area contributed by atoms with Crippen molar-refractivity contribution in [2.75, 3.05) is 6.61 Å². The topological polar surface area (TPSA) is 62.6 Å². The monoisotopic (exact) mass is 231 g/mol. The largest absolute Gasteiger partial charge is 0.394 e. The van der Waals surface area contributed by atoms with E-state index in [9.17, 15) is 13.9 Å². The fourth-order valence-corrected chi connectivity index (χ4v) is 1.75. The highest BCUT2D eigenvalue weighted by molar-refractivity contribution is 5.17. The zero-order valence-corrected chi connectivity index (χ0v) is 8.31. The second-order valence-corrected chi connectivity index (χ2v) is 3.68. The summed E-state index contributed by atoms with van der Waals surface area (Å²) < 4.78 is 31.2. The van der Waals surface area contributed by atoms with Gasteiger partial charge in [-0.2, -0.15) is 4.39 Å². The molecule has 2 heterocycles. The van der Waals surface area contributed by atoms with E-state index in [1.54, 1.807) is 0 Å². The van der Waals surface area contributed by atoms with Gasteiger partial charge in [0.15, 0.2) is 0 Å². The normalized spacial score (nSPS) is 29.6. The first-order chi connectivity index (χ1) is 7.61. The molecule has 16 heavy (non-hydrogen) atoms. The zero-order valence-electron chi connectivity index (χ0n) is 8.31. The maximum absolute atomic E-state index is 13.4. The molecule has 88 valence electrons. The summed E-state index contributed by atoms with van der Waals surface area (Å²) in [7, 11) is 0.